The van der Waals surface area contributed by atoms with Gasteiger partial charge in [-0.3, -0.25) is 4.79 Å². The monoisotopic (exact) mass is 460 g/mol. The number of benzene rings is 1. The third-order valence-corrected chi connectivity index (χ3v) is 5.58. The molecule has 2 aromatic rings. The maximum atomic E-state index is 13.5. The molecule has 1 aliphatic rings. The predicted octanol–water partition coefficient (Wildman–Crippen LogP) is 5.65. The van der Waals surface area contributed by atoms with Gasteiger partial charge in [-0.25, -0.2) is 4.98 Å². The second-order valence-corrected chi connectivity index (χ2v) is 7.72. The number of hydrogen-bond donors (Lipinski definition) is 1. The van der Waals surface area contributed by atoms with Crippen LogP contribution < -0.4 is 0 Å². The molecule has 4 nitrogen and oxygen atoms in total. The lowest BCUT2D eigenvalue weighted by atomic mass is 9.90. The van der Waals surface area contributed by atoms with Gasteiger partial charge >= 0.3 is 12.4 Å². The van der Waals surface area contributed by atoms with E-state index in [9.17, 15) is 36.2 Å². The fraction of sp³-hybridized carbons (Fsp3) is 0.455. The summed E-state index contributed by atoms with van der Waals surface area (Å²) in [6.45, 7) is 3.86. The average molecular weight is 460 g/mol. The van der Waals surface area contributed by atoms with Crippen LogP contribution in [0.1, 0.15) is 55.0 Å². The van der Waals surface area contributed by atoms with Crippen LogP contribution in [-0.4, -0.2) is 33.5 Å². The summed E-state index contributed by atoms with van der Waals surface area (Å²) in [7, 11) is 0. The quantitative estimate of drug-likeness (QED) is 0.463. The lowest BCUT2D eigenvalue weighted by Crippen LogP contribution is -2.46. The van der Waals surface area contributed by atoms with Crippen LogP contribution >= 0.6 is 0 Å². The summed E-state index contributed by atoms with van der Waals surface area (Å²) >= 11 is 0. The van der Waals surface area contributed by atoms with Crippen LogP contribution in [-0.2, 0) is 17.1 Å². The number of aromatic nitrogens is 1. The van der Waals surface area contributed by atoms with E-state index in [0.29, 0.717) is 44.4 Å². The van der Waals surface area contributed by atoms with Crippen molar-refractivity contribution in [3.05, 3.63) is 53.7 Å². The molecular weight excluding hydrogens is 438 g/mol. The topological polar surface area (TPSA) is 53.4 Å². The van der Waals surface area contributed by atoms with Gasteiger partial charge in [-0.1, -0.05) is 18.2 Å². The molecular formula is C22H22F6N2O2. The highest BCUT2D eigenvalue weighted by Crippen LogP contribution is 2.40. The number of hydrogen-bond acceptors (Lipinski definition) is 3. The number of aliphatic hydroxyl groups excluding tert-OH is 1. The average Bonchev–Trinajstić information content (AvgIpc) is 2.74. The zero-order chi connectivity index (χ0) is 23.7. The molecule has 1 N–H and O–H groups in total. The molecule has 0 saturated carbocycles. The molecule has 1 aliphatic heterocycles. The van der Waals surface area contributed by atoms with Gasteiger partial charge in [0.05, 0.1) is 17.1 Å². The van der Waals surface area contributed by atoms with E-state index in [4.69, 9.17) is 0 Å². The van der Waals surface area contributed by atoms with Crippen LogP contribution in [0.5, 0.6) is 0 Å². The molecule has 0 bridgehead atoms. The van der Waals surface area contributed by atoms with Crippen molar-refractivity contribution in [3.8, 4) is 0 Å². The third kappa shape index (κ3) is 4.90. The van der Waals surface area contributed by atoms with Crippen molar-refractivity contribution in [1.82, 2.24) is 9.88 Å². The van der Waals surface area contributed by atoms with Crippen LogP contribution in [0, 0.1) is 0 Å². The number of allylic oxidation sites excluding steroid dienone is 1. The molecule has 1 aromatic carbocycles. The summed E-state index contributed by atoms with van der Waals surface area (Å²) in [5.41, 5.74) is -4.07. The first-order chi connectivity index (χ1) is 14.9. The minimum Gasteiger partial charge on any atom is -0.386 e. The van der Waals surface area contributed by atoms with Crippen molar-refractivity contribution in [3.63, 3.8) is 0 Å². The van der Waals surface area contributed by atoms with Gasteiger partial charge in [0, 0.05) is 18.4 Å². The van der Waals surface area contributed by atoms with E-state index < -0.39 is 41.3 Å². The Morgan fingerprint density at radius 3 is 2.56 bits per heavy atom. The molecule has 32 heavy (non-hydrogen) atoms. The Balaban J connectivity index is 2.15. The van der Waals surface area contributed by atoms with Crippen molar-refractivity contribution in [2.75, 3.05) is 6.54 Å². The number of piperidine rings is 1. The molecule has 2 atom stereocenters. The number of carbonyl (C=O) groups is 1. The highest BCUT2D eigenvalue weighted by molar-refractivity contribution is 5.86. The number of rotatable bonds is 5. The van der Waals surface area contributed by atoms with E-state index in [1.807, 2.05) is 0 Å². The number of halogens is 6. The van der Waals surface area contributed by atoms with E-state index in [-0.39, 0.29) is 23.3 Å². The first kappa shape index (κ1) is 24.0. The van der Waals surface area contributed by atoms with Crippen LogP contribution in [0.15, 0.2) is 36.9 Å². The lowest BCUT2D eigenvalue weighted by Gasteiger charge is -2.39. The highest BCUT2D eigenvalue weighted by Gasteiger charge is 2.40. The van der Waals surface area contributed by atoms with Gasteiger partial charge in [0.2, 0.25) is 5.91 Å². The number of fused-ring (bicyclic) bond motifs is 1. The van der Waals surface area contributed by atoms with Gasteiger partial charge < -0.3 is 10.0 Å². The molecule has 10 heteroatoms. The Labute approximate surface area is 180 Å². The van der Waals surface area contributed by atoms with E-state index in [0.717, 1.165) is 6.07 Å². The molecule has 0 aliphatic carbocycles. The SMILES string of the molecule is C=CCCC(=O)N1CCCC[C@H]1[C@H](O)c1cc(C(F)(F)F)nc2c(C(F)(F)F)cccc12. The number of likely N-dealkylation sites (tertiary alicyclic amines) is 1. The second kappa shape index (κ2) is 9.09. The summed E-state index contributed by atoms with van der Waals surface area (Å²) < 4.78 is 80.8. The molecule has 1 amide bonds. The Morgan fingerprint density at radius 1 is 1.22 bits per heavy atom. The van der Waals surface area contributed by atoms with Gasteiger partial charge in [-0.05, 0) is 43.4 Å². The molecule has 0 unspecified atom stereocenters. The maximum absolute atomic E-state index is 13.5. The molecule has 2 heterocycles. The number of alkyl halides is 6. The van der Waals surface area contributed by atoms with Crippen LogP contribution in [0.3, 0.4) is 0 Å². The number of para-hydroxylation sites is 1. The Morgan fingerprint density at radius 2 is 1.94 bits per heavy atom. The van der Waals surface area contributed by atoms with Crippen LogP contribution in [0.4, 0.5) is 26.3 Å². The van der Waals surface area contributed by atoms with Gasteiger partial charge in [0.1, 0.15) is 11.8 Å². The largest absolute Gasteiger partial charge is 0.433 e. The van der Waals surface area contributed by atoms with Crippen LogP contribution in [0.2, 0.25) is 0 Å². The van der Waals surface area contributed by atoms with Gasteiger partial charge in [0.25, 0.3) is 0 Å². The predicted molar refractivity (Wildman–Crippen MR) is 105 cm³/mol. The Bertz CT molecular complexity index is 1000. The fourth-order valence-electron chi connectivity index (χ4n) is 4.07. The zero-order valence-electron chi connectivity index (χ0n) is 17.0. The summed E-state index contributed by atoms with van der Waals surface area (Å²) in [6, 6.07) is 2.63. The molecule has 1 aromatic heterocycles. The number of pyridine rings is 1. The van der Waals surface area contributed by atoms with Crippen molar-refractivity contribution >= 4 is 16.8 Å². The van der Waals surface area contributed by atoms with E-state index >= 15 is 0 Å². The summed E-state index contributed by atoms with van der Waals surface area (Å²) in [5.74, 6) is -0.293. The smallest absolute Gasteiger partial charge is 0.386 e. The van der Waals surface area contributed by atoms with Crippen molar-refractivity contribution in [2.24, 2.45) is 0 Å². The van der Waals surface area contributed by atoms with Crippen molar-refractivity contribution in [2.45, 2.75) is 56.6 Å². The van der Waals surface area contributed by atoms with Gasteiger partial charge in [-0.15, -0.1) is 6.58 Å². The molecule has 3 rings (SSSR count). The molecule has 1 saturated heterocycles. The molecule has 0 spiro atoms. The van der Waals surface area contributed by atoms with E-state index in [2.05, 4.69) is 11.6 Å². The first-order valence-electron chi connectivity index (χ1n) is 10.1. The van der Waals surface area contributed by atoms with Gasteiger partial charge in [-0.2, -0.15) is 26.3 Å². The summed E-state index contributed by atoms with van der Waals surface area (Å²) in [4.78, 5) is 17.3. The molecule has 0 radical (unpaired) electrons. The van der Waals surface area contributed by atoms with Crippen LogP contribution in [0.25, 0.3) is 10.9 Å². The molecule has 174 valence electrons. The minimum absolute atomic E-state index is 0.121. The summed E-state index contributed by atoms with van der Waals surface area (Å²) in [6.07, 6.45) is -7.91. The normalized spacial score (nSPS) is 18.6. The lowest BCUT2D eigenvalue weighted by molar-refractivity contribution is -0.142. The maximum Gasteiger partial charge on any atom is 0.433 e. The number of nitrogens with zero attached hydrogens (tertiary/aromatic N) is 2. The summed E-state index contributed by atoms with van der Waals surface area (Å²) in [5, 5.41) is 10.8. The Hall–Kier alpha value is -2.62. The number of amides is 1. The van der Waals surface area contributed by atoms with E-state index in [1.54, 1.807) is 6.08 Å². The standard InChI is InChI=1S/C22H22F6N2O2/c1-2-3-10-18(31)30-11-5-4-9-16(30)20(32)14-12-17(22(26,27)28)29-19-13(14)7-6-8-15(19)21(23,24)25/h2,6-8,12,16,20,32H,1,3-5,9-11H2/t16-,20+/m0/s1. The minimum atomic E-state index is -5.02. The van der Waals surface area contributed by atoms with Gasteiger partial charge in [0.15, 0.2) is 0 Å². The van der Waals surface area contributed by atoms with E-state index in [1.165, 1.54) is 11.0 Å². The first-order valence-corrected chi connectivity index (χ1v) is 10.1. The highest BCUT2D eigenvalue weighted by atomic mass is 19.4. The van der Waals surface area contributed by atoms with Crippen molar-refractivity contribution < 1.29 is 36.2 Å². The Kier molecular flexibility index (Phi) is 6.83. The third-order valence-electron chi connectivity index (χ3n) is 5.58. The zero-order valence-corrected chi connectivity index (χ0v) is 17.0. The second-order valence-electron chi connectivity index (χ2n) is 7.72. The molecule has 1 fully saturated rings. The fourth-order valence-corrected chi connectivity index (χ4v) is 4.07. The van der Waals surface area contributed by atoms with Crippen molar-refractivity contribution in [1.29, 1.82) is 0 Å². The number of aliphatic hydroxyl groups is 1. The number of carbonyl (C=O) groups excluding carboxylic acids is 1.